The quantitative estimate of drug-likeness (QED) is 0.430. The number of aromatic nitrogens is 1. The van der Waals surface area contributed by atoms with E-state index in [1.807, 2.05) is 0 Å². The molecule has 0 fully saturated rings. The number of carbonyl (C=O) groups is 1. The summed E-state index contributed by atoms with van der Waals surface area (Å²) in [6, 6.07) is 18.8. The van der Waals surface area contributed by atoms with Crippen LogP contribution < -0.4 is 4.74 Å². The molecule has 0 radical (unpaired) electrons. The van der Waals surface area contributed by atoms with Crippen molar-refractivity contribution in [3.8, 4) is 16.9 Å². The second-order valence-electron chi connectivity index (χ2n) is 6.66. The molecule has 0 aliphatic carbocycles. The summed E-state index contributed by atoms with van der Waals surface area (Å²) in [4.78, 5) is 11.6. The highest BCUT2D eigenvalue weighted by molar-refractivity contribution is 7.90. The van der Waals surface area contributed by atoms with Gasteiger partial charge in [-0.25, -0.2) is 16.8 Å². The minimum Gasteiger partial charge on any atom is -0.497 e. The van der Waals surface area contributed by atoms with E-state index in [2.05, 4.69) is 0 Å². The van der Waals surface area contributed by atoms with Gasteiger partial charge in [-0.1, -0.05) is 30.3 Å². The molecule has 3 aromatic carbocycles. The molecule has 1 aromatic heterocycles. The third-order valence-electron chi connectivity index (χ3n) is 4.92. The van der Waals surface area contributed by atoms with Crippen LogP contribution in [0.25, 0.3) is 22.0 Å². The topological polar surface area (TPSA) is 65.4 Å². The van der Waals surface area contributed by atoms with Crippen LogP contribution in [0, 0.1) is 5.82 Å². The zero-order valence-electron chi connectivity index (χ0n) is 16.1. The normalized spacial score (nSPS) is 11.5. The Kier molecular flexibility index (Phi) is 5.13. The Hall–Kier alpha value is -3.45. The number of halogens is 1. The number of hydrogen-bond donors (Lipinski definition) is 0. The van der Waals surface area contributed by atoms with Crippen LogP contribution in [-0.4, -0.2) is 25.8 Å². The Bertz CT molecular complexity index is 1330. The molecule has 0 saturated carbocycles. The molecule has 0 aliphatic heterocycles. The van der Waals surface area contributed by atoms with Gasteiger partial charge in [0.1, 0.15) is 17.9 Å². The Labute approximate surface area is 173 Å². The van der Waals surface area contributed by atoms with Gasteiger partial charge in [-0.2, -0.15) is 0 Å². The lowest BCUT2D eigenvalue weighted by Gasteiger charge is -2.12. The number of nitrogens with zero attached hydrogens (tertiary/aromatic N) is 1. The summed E-state index contributed by atoms with van der Waals surface area (Å²) in [5.74, 6) is 0.131. The van der Waals surface area contributed by atoms with E-state index in [4.69, 9.17) is 4.74 Å². The summed E-state index contributed by atoms with van der Waals surface area (Å²) in [5.41, 5.74) is 1.88. The maximum atomic E-state index is 13.6. The van der Waals surface area contributed by atoms with Crippen LogP contribution in [0.4, 0.5) is 4.39 Å². The van der Waals surface area contributed by atoms with Crippen LogP contribution in [0.1, 0.15) is 5.69 Å². The highest BCUT2D eigenvalue weighted by atomic mass is 32.2. The number of benzene rings is 3. The number of rotatable bonds is 6. The highest BCUT2D eigenvalue weighted by Crippen LogP contribution is 2.39. The lowest BCUT2D eigenvalue weighted by atomic mass is 10.0. The first-order valence-electron chi connectivity index (χ1n) is 9.19. The lowest BCUT2D eigenvalue weighted by Crippen LogP contribution is -2.16. The van der Waals surface area contributed by atoms with Crippen molar-refractivity contribution in [3.63, 3.8) is 0 Å². The molecule has 5 nitrogen and oxygen atoms in total. The molecule has 0 N–H and O–H groups in total. The summed E-state index contributed by atoms with van der Waals surface area (Å²) in [5, 5.41) is 0.595. The third-order valence-corrected chi connectivity index (χ3v) is 6.68. The van der Waals surface area contributed by atoms with Crippen molar-refractivity contribution in [2.24, 2.45) is 0 Å². The largest absolute Gasteiger partial charge is 0.497 e. The molecule has 0 bridgehead atoms. The monoisotopic (exact) mass is 423 g/mol. The van der Waals surface area contributed by atoms with Crippen LogP contribution in [-0.2, 0) is 21.2 Å². The number of aldehydes is 1. The maximum Gasteiger partial charge on any atom is 0.268 e. The molecule has 1 heterocycles. The van der Waals surface area contributed by atoms with Crippen molar-refractivity contribution in [1.82, 2.24) is 3.97 Å². The SMILES string of the molecule is COc1ccc2c(c1)c(-c1ccc(F)cc1)c(CC=O)n2S(=O)(=O)c1ccccc1. The molecule has 4 rings (SSSR count). The Morgan fingerprint density at radius 1 is 1.00 bits per heavy atom. The van der Waals surface area contributed by atoms with E-state index in [1.165, 1.54) is 35.3 Å². The van der Waals surface area contributed by atoms with Gasteiger partial charge in [-0.15, -0.1) is 0 Å². The first-order valence-corrected chi connectivity index (χ1v) is 10.6. The van der Waals surface area contributed by atoms with Crippen molar-refractivity contribution >= 4 is 27.2 Å². The Morgan fingerprint density at radius 3 is 2.33 bits per heavy atom. The van der Waals surface area contributed by atoms with Crippen molar-refractivity contribution in [3.05, 3.63) is 84.3 Å². The predicted octanol–water partition coefficient (Wildman–Crippen LogP) is 4.43. The van der Waals surface area contributed by atoms with E-state index in [0.717, 1.165) is 0 Å². The predicted molar refractivity (Wildman–Crippen MR) is 113 cm³/mol. The molecular formula is C23H18FNO4S. The van der Waals surface area contributed by atoms with Crippen LogP contribution >= 0.6 is 0 Å². The second kappa shape index (κ2) is 7.76. The van der Waals surface area contributed by atoms with Crippen LogP contribution in [0.5, 0.6) is 5.75 Å². The summed E-state index contributed by atoms with van der Waals surface area (Å²) < 4.78 is 47.1. The van der Waals surface area contributed by atoms with Gasteiger partial charge in [0.15, 0.2) is 0 Å². The van der Waals surface area contributed by atoms with E-state index in [1.54, 1.807) is 48.5 Å². The van der Waals surface area contributed by atoms with Crippen LogP contribution in [0.15, 0.2) is 77.7 Å². The fourth-order valence-corrected chi connectivity index (χ4v) is 5.18. The lowest BCUT2D eigenvalue weighted by molar-refractivity contribution is -0.107. The molecule has 0 spiro atoms. The summed E-state index contributed by atoms with van der Waals surface area (Å²) in [6.07, 6.45) is 0.533. The molecule has 0 unspecified atom stereocenters. The number of hydrogen-bond acceptors (Lipinski definition) is 4. The first kappa shape index (κ1) is 19.8. The van der Waals surface area contributed by atoms with Crippen molar-refractivity contribution in [2.75, 3.05) is 7.11 Å². The molecule has 0 amide bonds. The van der Waals surface area contributed by atoms with Gasteiger partial charge in [0.05, 0.1) is 23.2 Å². The van der Waals surface area contributed by atoms with Crippen molar-refractivity contribution in [2.45, 2.75) is 11.3 Å². The number of fused-ring (bicyclic) bond motifs is 1. The van der Waals surface area contributed by atoms with Gasteiger partial charge < -0.3 is 9.53 Å². The molecule has 0 atom stereocenters. The average molecular weight is 423 g/mol. The summed E-state index contributed by atoms with van der Waals surface area (Å²) in [6.45, 7) is 0. The number of carbonyl (C=O) groups excluding carboxylic acids is 1. The van der Waals surface area contributed by atoms with E-state index in [0.29, 0.717) is 39.8 Å². The van der Waals surface area contributed by atoms with Crippen LogP contribution in [0.3, 0.4) is 0 Å². The summed E-state index contributed by atoms with van der Waals surface area (Å²) >= 11 is 0. The molecule has 4 aromatic rings. The number of ether oxygens (including phenoxy) is 1. The number of methoxy groups -OCH3 is 1. The molecule has 0 saturated heterocycles. The smallest absolute Gasteiger partial charge is 0.268 e. The fourth-order valence-electron chi connectivity index (χ4n) is 3.60. The van der Waals surface area contributed by atoms with E-state index < -0.39 is 15.8 Å². The molecule has 7 heteroatoms. The van der Waals surface area contributed by atoms with E-state index >= 15 is 0 Å². The maximum absolute atomic E-state index is 13.6. The third kappa shape index (κ3) is 3.27. The van der Waals surface area contributed by atoms with Gasteiger partial charge in [0, 0.05) is 17.4 Å². The van der Waals surface area contributed by atoms with E-state index in [9.17, 15) is 17.6 Å². The minimum atomic E-state index is -3.99. The molecular weight excluding hydrogens is 405 g/mol. The zero-order chi connectivity index (χ0) is 21.3. The molecule has 30 heavy (non-hydrogen) atoms. The van der Waals surface area contributed by atoms with Gasteiger partial charge >= 0.3 is 0 Å². The fraction of sp³-hybridized carbons (Fsp3) is 0.0870. The van der Waals surface area contributed by atoms with Crippen molar-refractivity contribution in [1.29, 1.82) is 0 Å². The van der Waals surface area contributed by atoms with Crippen LogP contribution in [0.2, 0.25) is 0 Å². The van der Waals surface area contributed by atoms with E-state index in [-0.39, 0.29) is 11.3 Å². The second-order valence-corrected chi connectivity index (χ2v) is 8.45. The van der Waals surface area contributed by atoms with Gasteiger partial charge in [-0.3, -0.25) is 0 Å². The van der Waals surface area contributed by atoms with Crippen molar-refractivity contribution < 1.29 is 22.3 Å². The average Bonchev–Trinajstić information content (AvgIpc) is 3.09. The summed E-state index contributed by atoms with van der Waals surface area (Å²) in [7, 11) is -2.47. The van der Waals surface area contributed by atoms with Gasteiger partial charge in [0.2, 0.25) is 0 Å². The van der Waals surface area contributed by atoms with Gasteiger partial charge in [0.25, 0.3) is 10.0 Å². The highest BCUT2D eigenvalue weighted by Gasteiger charge is 2.27. The zero-order valence-corrected chi connectivity index (χ0v) is 16.9. The minimum absolute atomic E-state index is 0.107. The Morgan fingerprint density at radius 2 is 1.70 bits per heavy atom. The standard InChI is InChI=1S/C23H18FNO4S/c1-29-18-11-12-21-20(15-18)23(16-7-9-17(24)10-8-16)22(13-14-26)25(21)30(27,28)19-5-3-2-4-6-19/h2-12,14-15H,13H2,1H3. The Balaban J connectivity index is 2.14. The molecule has 152 valence electrons. The van der Waals surface area contributed by atoms with Gasteiger partial charge in [-0.05, 0) is 48.0 Å². The molecule has 0 aliphatic rings. The first-order chi connectivity index (χ1) is 14.5.